The van der Waals surface area contributed by atoms with E-state index >= 15 is 0 Å². The van der Waals surface area contributed by atoms with E-state index < -0.39 is 21.6 Å². The van der Waals surface area contributed by atoms with Gasteiger partial charge in [0.1, 0.15) is 0 Å². The highest BCUT2D eigenvalue weighted by molar-refractivity contribution is 7.89. The molecule has 0 aliphatic rings. The largest absolute Gasteiger partial charge is 0.416 e. The number of hydrogen-bond acceptors (Lipinski definition) is 2. The van der Waals surface area contributed by atoms with Gasteiger partial charge in [-0.15, -0.1) is 0 Å². The van der Waals surface area contributed by atoms with Crippen LogP contribution in [0.2, 0.25) is 0 Å². The Morgan fingerprint density at radius 1 is 0.762 bits per heavy atom. The molecule has 6 heteroatoms. The summed E-state index contributed by atoms with van der Waals surface area (Å²) >= 11 is 0. The molecule has 112 valence electrons. The maximum absolute atomic E-state index is 12.4. The van der Waals surface area contributed by atoms with Gasteiger partial charge >= 0.3 is 6.18 Å². The minimum atomic E-state index is -4.42. The molecule has 21 heavy (non-hydrogen) atoms. The Morgan fingerprint density at radius 2 is 1.24 bits per heavy atom. The van der Waals surface area contributed by atoms with Crippen molar-refractivity contribution in [3.05, 3.63) is 71.3 Å². The Bertz CT molecular complexity index is 690. The standard InChI is InChI=1S/C15H13F3O2S/c16-15(17,18)14-8-6-13(7-9-14)11-21(19,20)10-12-4-2-1-3-5-12/h1-9H,10-11H2. The lowest BCUT2D eigenvalue weighted by atomic mass is 10.1. The SMILES string of the molecule is O=S(=O)(Cc1ccccc1)Cc1ccc(C(F)(F)F)cc1. The van der Waals surface area contributed by atoms with Gasteiger partial charge in [0, 0.05) is 0 Å². The van der Waals surface area contributed by atoms with E-state index in [0.29, 0.717) is 11.1 Å². The molecule has 0 heterocycles. The van der Waals surface area contributed by atoms with Crippen LogP contribution in [0.4, 0.5) is 13.2 Å². The van der Waals surface area contributed by atoms with Crippen molar-refractivity contribution in [2.24, 2.45) is 0 Å². The third-order valence-electron chi connectivity index (χ3n) is 2.90. The van der Waals surface area contributed by atoms with Crippen LogP contribution in [0.1, 0.15) is 16.7 Å². The molecule has 2 rings (SSSR count). The van der Waals surface area contributed by atoms with Gasteiger partial charge in [-0.05, 0) is 23.3 Å². The number of halogens is 3. The zero-order valence-electron chi connectivity index (χ0n) is 11.0. The molecular formula is C15H13F3O2S. The Balaban J connectivity index is 2.10. The van der Waals surface area contributed by atoms with Gasteiger partial charge < -0.3 is 0 Å². The molecule has 0 N–H and O–H groups in total. The molecule has 0 aromatic heterocycles. The molecule has 2 nitrogen and oxygen atoms in total. The lowest BCUT2D eigenvalue weighted by molar-refractivity contribution is -0.137. The molecule has 0 bridgehead atoms. The zero-order valence-corrected chi connectivity index (χ0v) is 11.8. The van der Waals surface area contributed by atoms with E-state index in [0.717, 1.165) is 12.1 Å². The van der Waals surface area contributed by atoms with E-state index in [1.54, 1.807) is 30.3 Å². The van der Waals surface area contributed by atoms with Crippen LogP contribution in [0.25, 0.3) is 0 Å². The topological polar surface area (TPSA) is 34.1 Å². The molecule has 0 aliphatic heterocycles. The van der Waals surface area contributed by atoms with Crippen LogP contribution in [0.5, 0.6) is 0 Å². The number of sulfone groups is 1. The lowest BCUT2D eigenvalue weighted by Gasteiger charge is -2.08. The van der Waals surface area contributed by atoms with Crippen LogP contribution in [0, 0.1) is 0 Å². The normalized spacial score (nSPS) is 12.3. The minimum Gasteiger partial charge on any atom is -0.228 e. The zero-order chi connectivity index (χ0) is 15.5. The van der Waals surface area contributed by atoms with Gasteiger partial charge in [-0.3, -0.25) is 0 Å². The van der Waals surface area contributed by atoms with Crippen LogP contribution in [0.3, 0.4) is 0 Å². The summed E-state index contributed by atoms with van der Waals surface area (Å²) in [6, 6.07) is 12.9. The molecule has 0 fully saturated rings. The quantitative estimate of drug-likeness (QED) is 0.860. The maximum Gasteiger partial charge on any atom is 0.416 e. The van der Waals surface area contributed by atoms with Gasteiger partial charge in [-0.2, -0.15) is 13.2 Å². The fraction of sp³-hybridized carbons (Fsp3) is 0.200. The second kappa shape index (κ2) is 5.89. The monoisotopic (exact) mass is 314 g/mol. The summed E-state index contributed by atoms with van der Waals surface area (Å²) in [4.78, 5) is 0. The van der Waals surface area contributed by atoms with Gasteiger partial charge in [0.15, 0.2) is 9.84 Å². The maximum atomic E-state index is 12.4. The summed E-state index contributed by atoms with van der Waals surface area (Å²) in [6.45, 7) is 0. The molecule has 0 saturated heterocycles. The fourth-order valence-electron chi connectivity index (χ4n) is 1.92. The Hall–Kier alpha value is -1.82. The average molecular weight is 314 g/mol. The smallest absolute Gasteiger partial charge is 0.228 e. The van der Waals surface area contributed by atoms with Crippen molar-refractivity contribution in [2.75, 3.05) is 0 Å². The van der Waals surface area contributed by atoms with Gasteiger partial charge in [-0.25, -0.2) is 8.42 Å². The molecule has 0 unspecified atom stereocenters. The summed E-state index contributed by atoms with van der Waals surface area (Å²) < 4.78 is 61.3. The fourth-order valence-corrected chi connectivity index (χ4v) is 3.43. The van der Waals surface area contributed by atoms with E-state index in [9.17, 15) is 21.6 Å². The first kappa shape index (κ1) is 15.6. The van der Waals surface area contributed by atoms with E-state index in [2.05, 4.69) is 0 Å². The van der Waals surface area contributed by atoms with Crippen molar-refractivity contribution in [1.82, 2.24) is 0 Å². The van der Waals surface area contributed by atoms with Crippen LogP contribution < -0.4 is 0 Å². The van der Waals surface area contributed by atoms with Crippen molar-refractivity contribution >= 4 is 9.84 Å². The molecule has 0 aliphatic carbocycles. The predicted molar refractivity (Wildman–Crippen MR) is 74.2 cm³/mol. The van der Waals surface area contributed by atoms with Crippen LogP contribution >= 0.6 is 0 Å². The highest BCUT2D eigenvalue weighted by Gasteiger charge is 2.30. The number of hydrogen-bond donors (Lipinski definition) is 0. The summed E-state index contributed by atoms with van der Waals surface area (Å²) in [6.07, 6.45) is -4.42. The molecule has 2 aromatic carbocycles. The lowest BCUT2D eigenvalue weighted by Crippen LogP contribution is -2.09. The summed E-state index contributed by atoms with van der Waals surface area (Å²) in [7, 11) is -3.42. The first-order chi connectivity index (χ1) is 9.76. The van der Waals surface area contributed by atoms with Crippen molar-refractivity contribution < 1.29 is 21.6 Å². The number of alkyl halides is 3. The van der Waals surface area contributed by atoms with E-state index in [-0.39, 0.29) is 11.5 Å². The number of rotatable bonds is 4. The first-order valence-electron chi connectivity index (χ1n) is 6.17. The Morgan fingerprint density at radius 3 is 1.71 bits per heavy atom. The van der Waals surface area contributed by atoms with E-state index in [4.69, 9.17) is 0 Å². The second-order valence-corrected chi connectivity index (χ2v) is 6.78. The first-order valence-corrected chi connectivity index (χ1v) is 7.99. The van der Waals surface area contributed by atoms with Crippen LogP contribution in [-0.4, -0.2) is 8.42 Å². The molecule has 0 amide bonds. The average Bonchev–Trinajstić information content (AvgIpc) is 2.38. The summed E-state index contributed by atoms with van der Waals surface area (Å²) in [5.74, 6) is -0.408. The summed E-state index contributed by atoms with van der Waals surface area (Å²) in [5, 5.41) is 0. The van der Waals surface area contributed by atoms with E-state index in [1.807, 2.05) is 0 Å². The Kier molecular flexibility index (Phi) is 4.37. The molecular weight excluding hydrogens is 301 g/mol. The molecule has 0 radical (unpaired) electrons. The van der Waals surface area contributed by atoms with Gasteiger partial charge in [0.2, 0.25) is 0 Å². The molecule has 0 atom stereocenters. The Labute approximate surface area is 121 Å². The van der Waals surface area contributed by atoms with Crippen molar-refractivity contribution in [3.8, 4) is 0 Å². The third kappa shape index (κ3) is 4.60. The van der Waals surface area contributed by atoms with Crippen LogP contribution in [0.15, 0.2) is 54.6 Å². The van der Waals surface area contributed by atoms with Crippen molar-refractivity contribution in [1.29, 1.82) is 0 Å². The third-order valence-corrected chi connectivity index (χ3v) is 4.44. The van der Waals surface area contributed by atoms with Crippen molar-refractivity contribution in [3.63, 3.8) is 0 Å². The second-order valence-electron chi connectivity index (χ2n) is 4.71. The molecule has 0 saturated carbocycles. The van der Waals surface area contributed by atoms with Gasteiger partial charge in [0.05, 0.1) is 17.1 Å². The van der Waals surface area contributed by atoms with Crippen LogP contribution in [-0.2, 0) is 27.5 Å². The predicted octanol–water partition coefficient (Wildman–Crippen LogP) is 3.82. The highest BCUT2D eigenvalue weighted by Crippen LogP contribution is 2.29. The van der Waals surface area contributed by atoms with Crippen molar-refractivity contribution in [2.45, 2.75) is 17.7 Å². The molecule has 2 aromatic rings. The van der Waals surface area contributed by atoms with Gasteiger partial charge in [-0.1, -0.05) is 42.5 Å². The van der Waals surface area contributed by atoms with Gasteiger partial charge in [0.25, 0.3) is 0 Å². The highest BCUT2D eigenvalue weighted by atomic mass is 32.2. The minimum absolute atomic E-state index is 0.130. The van der Waals surface area contributed by atoms with E-state index in [1.165, 1.54) is 12.1 Å². The molecule has 0 spiro atoms. The summed E-state index contributed by atoms with van der Waals surface area (Å²) in [5.41, 5.74) is 0.218. The number of benzene rings is 2.